The fourth-order valence-electron chi connectivity index (χ4n) is 3.40. The first-order valence-electron chi connectivity index (χ1n) is 9.68. The Kier molecular flexibility index (Phi) is 7.31. The van der Waals surface area contributed by atoms with Gasteiger partial charge in [0.15, 0.2) is 17.6 Å². The van der Waals surface area contributed by atoms with Gasteiger partial charge in [-0.3, -0.25) is 14.9 Å². The van der Waals surface area contributed by atoms with Gasteiger partial charge in [0.25, 0.3) is 0 Å². The summed E-state index contributed by atoms with van der Waals surface area (Å²) in [6.07, 6.45) is 4.26. The molecule has 0 bridgehead atoms. The lowest BCUT2D eigenvalue weighted by Gasteiger charge is -2.32. The van der Waals surface area contributed by atoms with E-state index in [9.17, 15) is 8.78 Å². The molecule has 150 valence electrons. The third kappa shape index (κ3) is 5.73. The van der Waals surface area contributed by atoms with Crippen molar-refractivity contribution in [2.75, 3.05) is 26.7 Å². The van der Waals surface area contributed by atoms with Crippen LogP contribution in [-0.4, -0.2) is 48.6 Å². The molecule has 2 heterocycles. The quantitative estimate of drug-likeness (QED) is 0.591. The molecule has 0 aliphatic carbocycles. The number of pyridine rings is 1. The van der Waals surface area contributed by atoms with Crippen molar-refractivity contribution < 1.29 is 8.78 Å². The van der Waals surface area contributed by atoms with Crippen LogP contribution in [0.1, 0.15) is 24.1 Å². The van der Waals surface area contributed by atoms with Crippen LogP contribution in [0.5, 0.6) is 0 Å². The van der Waals surface area contributed by atoms with E-state index < -0.39 is 11.6 Å². The number of aliphatic imine (C=N–C) groups is 1. The standard InChI is InChI=1S/C21H27F2N5/c1-24-21(26-12-8-16-5-4-7-19(22)20(16)23)27-17-9-13-28(14-10-17)15-18-6-2-3-11-25-18/h2-7,11,17H,8-10,12-15H2,1H3,(H2,24,26,27). The topological polar surface area (TPSA) is 52.6 Å². The van der Waals surface area contributed by atoms with Crippen LogP contribution in [0, 0.1) is 11.6 Å². The number of hydrogen-bond acceptors (Lipinski definition) is 3. The second-order valence-corrected chi connectivity index (χ2v) is 6.98. The molecule has 0 saturated carbocycles. The highest BCUT2D eigenvalue weighted by atomic mass is 19.2. The van der Waals surface area contributed by atoms with E-state index in [0.29, 0.717) is 30.5 Å². The van der Waals surface area contributed by atoms with Gasteiger partial charge in [0, 0.05) is 45.5 Å². The van der Waals surface area contributed by atoms with Crippen LogP contribution >= 0.6 is 0 Å². The molecule has 5 nitrogen and oxygen atoms in total. The van der Waals surface area contributed by atoms with E-state index in [4.69, 9.17) is 0 Å². The lowest BCUT2D eigenvalue weighted by Crippen LogP contribution is -2.48. The van der Waals surface area contributed by atoms with Gasteiger partial charge in [0.2, 0.25) is 0 Å². The number of hydrogen-bond donors (Lipinski definition) is 2. The highest BCUT2D eigenvalue weighted by molar-refractivity contribution is 5.79. The van der Waals surface area contributed by atoms with Crippen LogP contribution in [0.4, 0.5) is 8.78 Å². The molecule has 0 unspecified atom stereocenters. The Hall–Kier alpha value is -2.54. The third-order valence-electron chi connectivity index (χ3n) is 4.98. The zero-order valence-electron chi connectivity index (χ0n) is 16.2. The fourth-order valence-corrected chi connectivity index (χ4v) is 3.40. The molecule has 0 atom stereocenters. The van der Waals surface area contributed by atoms with E-state index in [1.807, 2.05) is 18.3 Å². The number of benzene rings is 1. The Morgan fingerprint density at radius 2 is 2.00 bits per heavy atom. The monoisotopic (exact) mass is 387 g/mol. The van der Waals surface area contributed by atoms with E-state index in [-0.39, 0.29) is 0 Å². The van der Waals surface area contributed by atoms with Crippen molar-refractivity contribution in [3.05, 3.63) is 65.5 Å². The largest absolute Gasteiger partial charge is 0.356 e. The van der Waals surface area contributed by atoms with Gasteiger partial charge in [-0.2, -0.15) is 0 Å². The first-order valence-corrected chi connectivity index (χ1v) is 9.68. The van der Waals surface area contributed by atoms with Crippen LogP contribution in [0.15, 0.2) is 47.6 Å². The number of nitrogens with one attached hydrogen (secondary N) is 2. The molecule has 1 aliphatic rings. The van der Waals surface area contributed by atoms with Gasteiger partial charge in [0.1, 0.15) is 0 Å². The number of rotatable bonds is 6. The molecule has 28 heavy (non-hydrogen) atoms. The van der Waals surface area contributed by atoms with Crippen LogP contribution in [0.25, 0.3) is 0 Å². The number of piperidine rings is 1. The molecule has 0 spiro atoms. The van der Waals surface area contributed by atoms with Gasteiger partial charge in [-0.05, 0) is 43.0 Å². The number of likely N-dealkylation sites (tertiary alicyclic amines) is 1. The predicted octanol–water partition coefficient (Wildman–Crippen LogP) is 2.73. The van der Waals surface area contributed by atoms with E-state index >= 15 is 0 Å². The number of nitrogens with zero attached hydrogens (tertiary/aromatic N) is 3. The zero-order valence-corrected chi connectivity index (χ0v) is 16.2. The second kappa shape index (κ2) is 10.1. The Morgan fingerprint density at radius 3 is 2.71 bits per heavy atom. The van der Waals surface area contributed by atoms with Crippen molar-refractivity contribution in [2.45, 2.75) is 31.8 Å². The van der Waals surface area contributed by atoms with E-state index in [1.54, 1.807) is 13.1 Å². The maximum absolute atomic E-state index is 13.7. The Balaban J connectivity index is 1.40. The Bertz CT molecular complexity index is 774. The van der Waals surface area contributed by atoms with Gasteiger partial charge in [0.05, 0.1) is 5.69 Å². The van der Waals surface area contributed by atoms with Gasteiger partial charge < -0.3 is 10.6 Å². The summed E-state index contributed by atoms with van der Waals surface area (Å²) in [5.41, 5.74) is 1.46. The maximum Gasteiger partial charge on any atom is 0.191 e. The Labute approximate surface area is 164 Å². The summed E-state index contributed by atoms with van der Waals surface area (Å²) >= 11 is 0. The average Bonchev–Trinajstić information content (AvgIpc) is 2.72. The molecule has 2 aromatic rings. The number of guanidine groups is 1. The van der Waals surface area contributed by atoms with E-state index in [0.717, 1.165) is 44.2 Å². The first-order chi connectivity index (χ1) is 13.7. The minimum absolute atomic E-state index is 0.345. The molecule has 1 aliphatic heterocycles. The van der Waals surface area contributed by atoms with Crippen molar-refractivity contribution in [3.8, 4) is 0 Å². The van der Waals surface area contributed by atoms with Crippen molar-refractivity contribution in [3.63, 3.8) is 0 Å². The smallest absolute Gasteiger partial charge is 0.191 e. The molecule has 0 amide bonds. The molecule has 0 radical (unpaired) electrons. The van der Waals surface area contributed by atoms with Crippen LogP contribution in [0.3, 0.4) is 0 Å². The van der Waals surface area contributed by atoms with Crippen LogP contribution < -0.4 is 10.6 Å². The number of aromatic nitrogens is 1. The molecule has 7 heteroatoms. The zero-order chi connectivity index (χ0) is 19.8. The highest BCUT2D eigenvalue weighted by Crippen LogP contribution is 2.13. The fraction of sp³-hybridized carbons (Fsp3) is 0.429. The predicted molar refractivity (Wildman–Crippen MR) is 107 cm³/mol. The van der Waals surface area contributed by atoms with Crippen LogP contribution in [0.2, 0.25) is 0 Å². The third-order valence-corrected chi connectivity index (χ3v) is 4.98. The lowest BCUT2D eigenvalue weighted by molar-refractivity contribution is 0.196. The first kappa shape index (κ1) is 20.2. The van der Waals surface area contributed by atoms with Gasteiger partial charge in [-0.15, -0.1) is 0 Å². The average molecular weight is 387 g/mol. The SMILES string of the molecule is CN=C(NCCc1cccc(F)c1F)NC1CCN(Cc2ccccn2)CC1. The van der Waals surface area contributed by atoms with Crippen LogP contribution in [-0.2, 0) is 13.0 Å². The molecular weight excluding hydrogens is 360 g/mol. The molecule has 1 fully saturated rings. The van der Waals surface area contributed by atoms with E-state index in [1.165, 1.54) is 6.07 Å². The molecule has 1 aromatic heterocycles. The van der Waals surface area contributed by atoms with Crippen molar-refractivity contribution in [1.29, 1.82) is 0 Å². The summed E-state index contributed by atoms with van der Waals surface area (Å²) < 4.78 is 27.0. The maximum atomic E-state index is 13.7. The molecule has 1 aromatic carbocycles. The lowest BCUT2D eigenvalue weighted by atomic mass is 10.0. The molecule has 1 saturated heterocycles. The van der Waals surface area contributed by atoms with E-state index in [2.05, 4.69) is 31.6 Å². The summed E-state index contributed by atoms with van der Waals surface area (Å²) in [5.74, 6) is -0.884. The molecular formula is C21H27F2N5. The summed E-state index contributed by atoms with van der Waals surface area (Å²) in [4.78, 5) is 11.0. The summed E-state index contributed by atoms with van der Waals surface area (Å²) in [5, 5.41) is 6.62. The van der Waals surface area contributed by atoms with Crippen molar-refractivity contribution in [1.82, 2.24) is 20.5 Å². The Morgan fingerprint density at radius 1 is 1.18 bits per heavy atom. The van der Waals surface area contributed by atoms with Gasteiger partial charge in [-0.25, -0.2) is 8.78 Å². The minimum Gasteiger partial charge on any atom is -0.356 e. The molecule has 3 rings (SSSR count). The minimum atomic E-state index is -0.808. The second-order valence-electron chi connectivity index (χ2n) is 6.98. The van der Waals surface area contributed by atoms with Crippen molar-refractivity contribution >= 4 is 5.96 Å². The summed E-state index contributed by atoms with van der Waals surface area (Å²) in [6, 6.07) is 10.6. The highest BCUT2D eigenvalue weighted by Gasteiger charge is 2.20. The summed E-state index contributed by atoms with van der Waals surface area (Å²) in [6.45, 7) is 3.36. The van der Waals surface area contributed by atoms with Gasteiger partial charge in [-0.1, -0.05) is 18.2 Å². The van der Waals surface area contributed by atoms with Gasteiger partial charge >= 0.3 is 0 Å². The summed E-state index contributed by atoms with van der Waals surface area (Å²) in [7, 11) is 1.72. The molecule has 2 N–H and O–H groups in total. The van der Waals surface area contributed by atoms with Crippen molar-refractivity contribution in [2.24, 2.45) is 4.99 Å². The normalized spacial score (nSPS) is 16.2. The number of halogens is 2.